The van der Waals surface area contributed by atoms with E-state index in [-0.39, 0.29) is 0 Å². The van der Waals surface area contributed by atoms with Gasteiger partial charge in [0.1, 0.15) is 0 Å². The molecule has 1 aliphatic heterocycles. The van der Waals surface area contributed by atoms with Crippen LogP contribution in [0.4, 0.5) is 0 Å². The number of guanidine groups is 1. The first kappa shape index (κ1) is 12.7. The minimum absolute atomic E-state index is 0.553. The molecule has 0 aromatic carbocycles. The Balaban J connectivity index is 1.83. The van der Waals surface area contributed by atoms with Gasteiger partial charge in [0.25, 0.3) is 0 Å². The Morgan fingerprint density at radius 2 is 2.00 bits per heavy atom. The highest BCUT2D eigenvalue weighted by Gasteiger charge is 2.25. The Morgan fingerprint density at radius 3 is 2.53 bits per heavy atom. The Labute approximate surface area is 105 Å². The van der Waals surface area contributed by atoms with E-state index in [4.69, 9.17) is 5.73 Å². The quantitative estimate of drug-likeness (QED) is 0.558. The molecule has 0 amide bonds. The zero-order valence-electron chi connectivity index (χ0n) is 11.2. The fraction of sp³-hybridized carbons (Fsp3) is 0.923. The van der Waals surface area contributed by atoms with Crippen LogP contribution >= 0.6 is 0 Å². The van der Waals surface area contributed by atoms with Gasteiger partial charge in [-0.1, -0.05) is 13.8 Å². The highest BCUT2D eigenvalue weighted by Crippen LogP contribution is 2.19. The summed E-state index contributed by atoms with van der Waals surface area (Å²) in [5, 5.41) is 3.25. The van der Waals surface area contributed by atoms with E-state index < -0.39 is 0 Å². The fourth-order valence-corrected chi connectivity index (χ4v) is 2.50. The molecule has 1 atom stereocenters. The zero-order valence-corrected chi connectivity index (χ0v) is 11.2. The smallest absolute Gasteiger partial charge is 0.188 e. The second kappa shape index (κ2) is 5.71. The maximum absolute atomic E-state index is 5.88. The predicted molar refractivity (Wildman–Crippen MR) is 72.1 cm³/mol. The molecule has 1 saturated heterocycles. The van der Waals surface area contributed by atoms with Crippen LogP contribution in [0, 0.1) is 5.92 Å². The van der Waals surface area contributed by atoms with Crippen molar-refractivity contribution < 1.29 is 0 Å². The van der Waals surface area contributed by atoms with E-state index in [9.17, 15) is 0 Å². The van der Waals surface area contributed by atoms with E-state index in [1.54, 1.807) is 0 Å². The molecule has 2 fully saturated rings. The van der Waals surface area contributed by atoms with Gasteiger partial charge in [-0.3, -0.25) is 9.89 Å². The molecule has 0 spiro atoms. The lowest BCUT2D eigenvalue weighted by atomic mass is 10.0. The van der Waals surface area contributed by atoms with Crippen LogP contribution < -0.4 is 11.1 Å². The van der Waals surface area contributed by atoms with Gasteiger partial charge in [0.15, 0.2) is 5.96 Å². The molecular formula is C13H26N4. The molecule has 1 heterocycles. The Kier molecular flexibility index (Phi) is 4.26. The molecule has 0 radical (unpaired) electrons. The van der Waals surface area contributed by atoms with Crippen LogP contribution in [0.1, 0.15) is 39.5 Å². The van der Waals surface area contributed by atoms with Gasteiger partial charge >= 0.3 is 0 Å². The highest BCUT2D eigenvalue weighted by molar-refractivity contribution is 5.78. The molecule has 98 valence electrons. The van der Waals surface area contributed by atoms with Gasteiger partial charge in [0, 0.05) is 12.1 Å². The van der Waals surface area contributed by atoms with Crippen molar-refractivity contribution >= 4 is 5.96 Å². The summed E-state index contributed by atoms with van der Waals surface area (Å²) < 4.78 is 0. The van der Waals surface area contributed by atoms with Crippen LogP contribution in [0.2, 0.25) is 0 Å². The van der Waals surface area contributed by atoms with Crippen LogP contribution in [-0.2, 0) is 0 Å². The lowest BCUT2D eigenvalue weighted by Crippen LogP contribution is -2.41. The normalized spacial score (nSPS) is 24.3. The summed E-state index contributed by atoms with van der Waals surface area (Å²) in [5.74, 6) is 1.28. The summed E-state index contributed by atoms with van der Waals surface area (Å²) in [5.41, 5.74) is 5.88. The number of aliphatic imine (C=N–C) groups is 1. The van der Waals surface area contributed by atoms with E-state index in [0.717, 1.165) is 6.54 Å². The average Bonchev–Trinajstić information content (AvgIpc) is 2.92. The predicted octanol–water partition coefficient (Wildman–Crippen LogP) is 1.17. The van der Waals surface area contributed by atoms with Gasteiger partial charge in [-0.2, -0.15) is 0 Å². The van der Waals surface area contributed by atoms with E-state index in [1.807, 2.05) is 0 Å². The molecule has 4 nitrogen and oxygen atoms in total. The summed E-state index contributed by atoms with van der Waals surface area (Å²) in [6.07, 6.45) is 5.16. The second-order valence-corrected chi connectivity index (χ2v) is 5.70. The number of rotatable bonds is 5. The van der Waals surface area contributed by atoms with Crippen molar-refractivity contribution in [3.05, 3.63) is 0 Å². The van der Waals surface area contributed by atoms with E-state index in [1.165, 1.54) is 38.8 Å². The van der Waals surface area contributed by atoms with Gasteiger partial charge in [0.05, 0.1) is 6.54 Å². The standard InChI is InChI=1S/C13H26N4/c1-10(2)12(17-7-3-4-8-17)9-15-13(14)16-11-5-6-11/h10-12H,3-9H2,1-2H3,(H3,14,15,16). The van der Waals surface area contributed by atoms with Gasteiger partial charge in [0.2, 0.25) is 0 Å². The third-order valence-electron chi connectivity index (χ3n) is 3.76. The summed E-state index contributed by atoms with van der Waals surface area (Å²) in [6.45, 7) is 7.86. The van der Waals surface area contributed by atoms with Gasteiger partial charge in [-0.05, 0) is 44.7 Å². The maximum atomic E-state index is 5.88. The summed E-state index contributed by atoms with van der Waals surface area (Å²) in [6, 6.07) is 1.15. The highest BCUT2D eigenvalue weighted by atomic mass is 15.2. The molecule has 1 aliphatic carbocycles. The van der Waals surface area contributed by atoms with E-state index in [2.05, 4.69) is 29.1 Å². The van der Waals surface area contributed by atoms with E-state index in [0.29, 0.717) is 24.0 Å². The molecule has 1 unspecified atom stereocenters. The first-order valence-electron chi connectivity index (χ1n) is 6.97. The molecule has 3 N–H and O–H groups in total. The van der Waals surface area contributed by atoms with Gasteiger partial charge in [-0.15, -0.1) is 0 Å². The lowest BCUT2D eigenvalue weighted by molar-refractivity contribution is 0.197. The third kappa shape index (κ3) is 3.87. The minimum Gasteiger partial charge on any atom is -0.370 e. The molecule has 1 saturated carbocycles. The molecule has 0 aromatic rings. The van der Waals surface area contributed by atoms with Crippen LogP contribution in [0.3, 0.4) is 0 Å². The largest absolute Gasteiger partial charge is 0.370 e. The minimum atomic E-state index is 0.553. The van der Waals surface area contributed by atoms with Crippen LogP contribution in [0.5, 0.6) is 0 Å². The van der Waals surface area contributed by atoms with Crippen LogP contribution in [-0.4, -0.2) is 42.6 Å². The molecule has 2 aliphatic rings. The van der Waals surface area contributed by atoms with Crippen molar-refractivity contribution in [3.8, 4) is 0 Å². The number of hydrogen-bond donors (Lipinski definition) is 2. The first-order valence-corrected chi connectivity index (χ1v) is 6.97. The van der Waals surface area contributed by atoms with Crippen molar-refractivity contribution in [1.29, 1.82) is 0 Å². The summed E-state index contributed by atoms with van der Waals surface area (Å²) in [7, 11) is 0. The third-order valence-corrected chi connectivity index (χ3v) is 3.76. The van der Waals surface area contributed by atoms with Crippen molar-refractivity contribution in [3.63, 3.8) is 0 Å². The Bertz CT molecular complexity index is 265. The molecule has 4 heteroatoms. The molecule has 2 rings (SSSR count). The maximum Gasteiger partial charge on any atom is 0.188 e. The van der Waals surface area contributed by atoms with Crippen LogP contribution in [0.15, 0.2) is 4.99 Å². The number of likely N-dealkylation sites (tertiary alicyclic amines) is 1. The summed E-state index contributed by atoms with van der Waals surface area (Å²) >= 11 is 0. The molecule has 0 bridgehead atoms. The lowest BCUT2D eigenvalue weighted by Gasteiger charge is -2.29. The number of hydrogen-bond acceptors (Lipinski definition) is 2. The van der Waals surface area contributed by atoms with Crippen molar-refractivity contribution in [1.82, 2.24) is 10.2 Å². The molecular weight excluding hydrogens is 212 g/mol. The monoisotopic (exact) mass is 238 g/mol. The number of nitrogens with one attached hydrogen (secondary N) is 1. The molecule has 17 heavy (non-hydrogen) atoms. The Morgan fingerprint density at radius 1 is 1.35 bits per heavy atom. The van der Waals surface area contributed by atoms with Crippen molar-refractivity contribution in [2.24, 2.45) is 16.6 Å². The average molecular weight is 238 g/mol. The van der Waals surface area contributed by atoms with Gasteiger partial charge < -0.3 is 11.1 Å². The fourth-order valence-electron chi connectivity index (χ4n) is 2.50. The Hall–Kier alpha value is -0.770. The number of nitrogens with zero attached hydrogens (tertiary/aromatic N) is 2. The zero-order chi connectivity index (χ0) is 12.3. The van der Waals surface area contributed by atoms with Crippen molar-refractivity contribution in [2.45, 2.75) is 51.6 Å². The SMILES string of the molecule is CC(C)C(CN=C(N)NC1CC1)N1CCCC1. The van der Waals surface area contributed by atoms with Gasteiger partial charge in [-0.25, -0.2) is 0 Å². The topological polar surface area (TPSA) is 53.6 Å². The summed E-state index contributed by atoms with van der Waals surface area (Å²) in [4.78, 5) is 7.08. The van der Waals surface area contributed by atoms with Crippen LogP contribution in [0.25, 0.3) is 0 Å². The molecule has 0 aromatic heterocycles. The number of nitrogens with two attached hydrogens (primary N) is 1. The first-order chi connectivity index (χ1) is 8.16. The second-order valence-electron chi connectivity index (χ2n) is 5.70. The van der Waals surface area contributed by atoms with Crippen molar-refractivity contribution in [2.75, 3.05) is 19.6 Å². The van der Waals surface area contributed by atoms with E-state index >= 15 is 0 Å².